The Morgan fingerprint density at radius 2 is 2.09 bits per heavy atom. The molecule has 180 valence electrons. The first kappa shape index (κ1) is 21.7. The van der Waals surface area contributed by atoms with Crippen molar-refractivity contribution in [3.05, 3.63) is 23.3 Å². The molecule has 3 aliphatic carbocycles. The number of phenolic OH excluding ortho intramolecular Hbond substituents is 1. The summed E-state index contributed by atoms with van der Waals surface area (Å²) in [5.74, 6) is 0.713. The first-order chi connectivity index (χ1) is 15.8. The number of hydrogen-bond acceptors (Lipinski definition) is 6. The lowest BCUT2D eigenvalue weighted by Crippen LogP contribution is -2.79. The van der Waals surface area contributed by atoms with Crippen LogP contribution in [0, 0.1) is 11.8 Å². The van der Waals surface area contributed by atoms with Crippen LogP contribution in [0.15, 0.2) is 12.1 Å². The summed E-state index contributed by atoms with van der Waals surface area (Å²) >= 11 is 0. The standard InChI is InChI=1S/C26H36N2O5/c1-14(2)21(24(30)31)27-17-8-9-26(32-3)19-12-16-6-7-18(29)22-20(16)25(26,23(17)33-22)10-11-28(19)13-15-4-5-15/h6-7,14-15,17,19,21,23,27,29H,4-5,8-13H2,1-3H3,(H,30,31)/t17-,19+,21-,23-,25-,26+/m0/s1. The van der Waals surface area contributed by atoms with Crippen LogP contribution in [-0.4, -0.2) is 71.1 Å². The zero-order valence-corrected chi connectivity index (χ0v) is 19.8. The van der Waals surface area contributed by atoms with Crippen LogP contribution >= 0.6 is 0 Å². The van der Waals surface area contributed by atoms with E-state index in [1.165, 1.54) is 18.4 Å². The van der Waals surface area contributed by atoms with Crippen molar-refractivity contribution in [2.45, 2.75) is 87.6 Å². The zero-order valence-electron chi connectivity index (χ0n) is 19.8. The summed E-state index contributed by atoms with van der Waals surface area (Å²) in [6.45, 7) is 5.99. The fraction of sp³-hybridized carbons (Fsp3) is 0.731. The third-order valence-electron chi connectivity index (χ3n) is 9.41. The van der Waals surface area contributed by atoms with E-state index in [-0.39, 0.29) is 35.3 Å². The highest BCUT2D eigenvalue weighted by atomic mass is 16.5. The van der Waals surface area contributed by atoms with Crippen LogP contribution in [0.4, 0.5) is 0 Å². The number of ether oxygens (including phenoxy) is 2. The van der Waals surface area contributed by atoms with Crippen LogP contribution in [-0.2, 0) is 21.4 Å². The van der Waals surface area contributed by atoms with E-state index in [4.69, 9.17) is 9.47 Å². The van der Waals surface area contributed by atoms with Gasteiger partial charge in [0.15, 0.2) is 11.5 Å². The summed E-state index contributed by atoms with van der Waals surface area (Å²) < 4.78 is 13.2. The maximum absolute atomic E-state index is 12.0. The van der Waals surface area contributed by atoms with E-state index >= 15 is 0 Å². The van der Waals surface area contributed by atoms with Crippen molar-refractivity contribution in [3.63, 3.8) is 0 Å². The second-order valence-corrected chi connectivity index (χ2v) is 11.3. The first-order valence-corrected chi connectivity index (χ1v) is 12.6. The molecule has 0 aromatic heterocycles. The number of rotatable bonds is 7. The summed E-state index contributed by atoms with van der Waals surface area (Å²) in [4.78, 5) is 14.7. The molecule has 0 amide bonds. The predicted molar refractivity (Wildman–Crippen MR) is 123 cm³/mol. The lowest BCUT2D eigenvalue weighted by atomic mass is 9.48. The molecule has 1 aromatic rings. The predicted octanol–water partition coefficient (Wildman–Crippen LogP) is 2.68. The fourth-order valence-electron chi connectivity index (χ4n) is 7.82. The van der Waals surface area contributed by atoms with Crippen LogP contribution in [0.3, 0.4) is 0 Å². The number of methoxy groups -OCH3 is 1. The Hall–Kier alpha value is -1.83. The molecule has 2 heterocycles. The molecule has 7 heteroatoms. The summed E-state index contributed by atoms with van der Waals surface area (Å²) in [5, 5.41) is 24.1. The van der Waals surface area contributed by atoms with E-state index in [1.807, 2.05) is 21.0 Å². The highest BCUT2D eigenvalue weighted by Crippen LogP contribution is 2.66. The molecule has 5 aliphatic rings. The van der Waals surface area contributed by atoms with Crippen molar-refractivity contribution in [1.29, 1.82) is 0 Å². The van der Waals surface area contributed by atoms with Crippen LogP contribution in [0.1, 0.15) is 57.1 Å². The van der Waals surface area contributed by atoms with E-state index in [0.29, 0.717) is 5.75 Å². The Morgan fingerprint density at radius 1 is 1.30 bits per heavy atom. The van der Waals surface area contributed by atoms with Gasteiger partial charge in [0.1, 0.15) is 12.1 Å². The smallest absolute Gasteiger partial charge is 0.320 e. The topological polar surface area (TPSA) is 91.3 Å². The Balaban J connectivity index is 1.47. The second-order valence-electron chi connectivity index (χ2n) is 11.3. The summed E-state index contributed by atoms with van der Waals surface area (Å²) in [6.07, 6.45) is 5.83. The Kier molecular flexibility index (Phi) is 4.82. The van der Waals surface area contributed by atoms with Crippen LogP contribution < -0.4 is 10.1 Å². The molecule has 2 aliphatic heterocycles. The number of likely N-dealkylation sites (tertiary alicyclic amines) is 1. The number of nitrogens with zero attached hydrogens (tertiary/aromatic N) is 1. The van der Waals surface area contributed by atoms with E-state index in [0.717, 1.165) is 50.3 Å². The van der Waals surface area contributed by atoms with Gasteiger partial charge in [-0.05, 0) is 68.5 Å². The summed E-state index contributed by atoms with van der Waals surface area (Å²) in [6, 6.07) is 3.34. The number of piperidine rings is 1. The molecule has 33 heavy (non-hydrogen) atoms. The highest BCUT2D eigenvalue weighted by molar-refractivity contribution is 5.74. The van der Waals surface area contributed by atoms with E-state index in [1.54, 1.807) is 6.07 Å². The van der Waals surface area contributed by atoms with Gasteiger partial charge in [-0.25, -0.2) is 0 Å². The lowest BCUT2D eigenvalue weighted by molar-refractivity contribution is -0.208. The molecular weight excluding hydrogens is 420 g/mol. The first-order valence-electron chi connectivity index (χ1n) is 12.6. The van der Waals surface area contributed by atoms with Gasteiger partial charge >= 0.3 is 5.97 Å². The molecule has 1 spiro atoms. The molecule has 6 atom stereocenters. The van der Waals surface area contributed by atoms with Gasteiger partial charge in [-0.1, -0.05) is 19.9 Å². The second kappa shape index (κ2) is 7.33. The monoisotopic (exact) mass is 456 g/mol. The van der Waals surface area contributed by atoms with Gasteiger partial charge in [0, 0.05) is 31.3 Å². The van der Waals surface area contributed by atoms with Crippen molar-refractivity contribution in [3.8, 4) is 11.5 Å². The largest absolute Gasteiger partial charge is 0.504 e. The molecular formula is C26H36N2O5. The number of hydrogen-bond donors (Lipinski definition) is 3. The lowest BCUT2D eigenvalue weighted by Gasteiger charge is -2.66. The Bertz CT molecular complexity index is 978. The molecule has 0 unspecified atom stereocenters. The zero-order chi connectivity index (χ0) is 23.1. The average Bonchev–Trinajstić information content (AvgIpc) is 3.53. The minimum absolute atomic E-state index is 0.0404. The molecule has 1 saturated heterocycles. The number of phenols is 1. The average molecular weight is 457 g/mol. The van der Waals surface area contributed by atoms with Crippen molar-refractivity contribution in [1.82, 2.24) is 10.2 Å². The van der Waals surface area contributed by atoms with Crippen LogP contribution in [0.2, 0.25) is 0 Å². The number of carbonyl (C=O) groups is 1. The quantitative estimate of drug-likeness (QED) is 0.581. The van der Waals surface area contributed by atoms with Crippen molar-refractivity contribution in [2.24, 2.45) is 11.8 Å². The van der Waals surface area contributed by atoms with Crippen molar-refractivity contribution < 1.29 is 24.5 Å². The number of benzene rings is 1. The van der Waals surface area contributed by atoms with E-state index < -0.39 is 17.6 Å². The number of aromatic hydroxyl groups is 1. The van der Waals surface area contributed by atoms with Gasteiger partial charge in [-0.2, -0.15) is 0 Å². The van der Waals surface area contributed by atoms with Gasteiger partial charge in [0.25, 0.3) is 0 Å². The molecule has 6 rings (SSSR count). The van der Waals surface area contributed by atoms with Gasteiger partial charge in [-0.3, -0.25) is 15.0 Å². The number of carboxylic acids is 1. The third-order valence-corrected chi connectivity index (χ3v) is 9.41. The van der Waals surface area contributed by atoms with E-state index in [9.17, 15) is 15.0 Å². The third kappa shape index (κ3) is 2.82. The molecule has 1 aromatic carbocycles. The molecule has 2 saturated carbocycles. The van der Waals surface area contributed by atoms with Crippen LogP contribution in [0.25, 0.3) is 0 Å². The minimum Gasteiger partial charge on any atom is -0.504 e. The molecule has 0 radical (unpaired) electrons. The fourth-order valence-corrected chi connectivity index (χ4v) is 7.82. The summed E-state index contributed by atoms with van der Waals surface area (Å²) in [5.41, 5.74) is 1.60. The van der Waals surface area contributed by atoms with Gasteiger partial charge in [0.2, 0.25) is 0 Å². The minimum atomic E-state index is -0.828. The molecule has 7 nitrogen and oxygen atoms in total. The molecule has 2 bridgehead atoms. The number of aliphatic carboxylic acids is 1. The number of carboxylic acid groups (broad SMARTS) is 1. The van der Waals surface area contributed by atoms with E-state index in [2.05, 4.69) is 16.3 Å². The molecule has 3 N–H and O–H groups in total. The highest BCUT2D eigenvalue weighted by Gasteiger charge is 2.74. The van der Waals surface area contributed by atoms with Gasteiger partial charge < -0.3 is 19.7 Å². The van der Waals surface area contributed by atoms with Crippen molar-refractivity contribution >= 4 is 5.97 Å². The Morgan fingerprint density at radius 3 is 2.76 bits per heavy atom. The summed E-state index contributed by atoms with van der Waals surface area (Å²) in [7, 11) is 1.85. The van der Waals surface area contributed by atoms with Crippen LogP contribution in [0.5, 0.6) is 11.5 Å². The van der Waals surface area contributed by atoms with Gasteiger partial charge in [0.05, 0.1) is 11.0 Å². The van der Waals surface area contributed by atoms with Gasteiger partial charge in [-0.15, -0.1) is 0 Å². The number of nitrogens with one attached hydrogen (secondary N) is 1. The Labute approximate surface area is 195 Å². The SMILES string of the molecule is CO[C@@]12CC[C@H](N[C@H](C(=O)O)C(C)C)[C@@H]3Oc4c(O)ccc5c4[C@@]31CCN(CC1CC1)[C@@H]2C5. The normalized spacial score (nSPS) is 37.5. The maximum atomic E-state index is 12.0. The maximum Gasteiger partial charge on any atom is 0.320 e. The molecule has 3 fully saturated rings. The van der Waals surface area contributed by atoms with Crippen molar-refractivity contribution in [2.75, 3.05) is 20.2 Å².